The second-order valence-corrected chi connectivity index (χ2v) is 9.38. The minimum Gasteiger partial charge on any atom is -0.480 e. The van der Waals surface area contributed by atoms with Crippen molar-refractivity contribution >= 4 is 35.5 Å². The Morgan fingerprint density at radius 2 is 1.52 bits per heavy atom. The Morgan fingerprint density at radius 1 is 0.939 bits per heavy atom. The Balaban J connectivity index is 3.02. The van der Waals surface area contributed by atoms with Crippen LogP contribution in [0.25, 0.3) is 0 Å². The van der Waals surface area contributed by atoms with E-state index >= 15 is 0 Å². The SMILES string of the molecule is CSCCC(NC(=O)C(Cc1ccccc1)NC(=O)C(N)CC(C)C)C(=O)NC(C)C(=O)O. The average Bonchev–Trinajstić information content (AvgIpc) is 2.75. The number of rotatable bonds is 14. The number of carboxylic acids is 1. The van der Waals surface area contributed by atoms with Crippen molar-refractivity contribution < 1.29 is 24.3 Å². The van der Waals surface area contributed by atoms with Gasteiger partial charge in [0.25, 0.3) is 0 Å². The predicted octanol–water partition coefficient (Wildman–Crippen LogP) is 0.915. The first-order chi connectivity index (χ1) is 15.5. The lowest BCUT2D eigenvalue weighted by molar-refractivity contribution is -0.141. The van der Waals surface area contributed by atoms with Crippen molar-refractivity contribution in [3.05, 3.63) is 35.9 Å². The van der Waals surface area contributed by atoms with Gasteiger partial charge >= 0.3 is 5.97 Å². The Kier molecular flexibility index (Phi) is 12.5. The zero-order valence-corrected chi connectivity index (χ0v) is 20.5. The van der Waals surface area contributed by atoms with Crippen molar-refractivity contribution in [2.24, 2.45) is 11.7 Å². The van der Waals surface area contributed by atoms with E-state index in [1.807, 2.05) is 50.4 Å². The molecule has 0 heterocycles. The second-order valence-electron chi connectivity index (χ2n) is 8.40. The van der Waals surface area contributed by atoms with Gasteiger partial charge < -0.3 is 26.8 Å². The van der Waals surface area contributed by atoms with E-state index < -0.39 is 47.9 Å². The topological polar surface area (TPSA) is 151 Å². The van der Waals surface area contributed by atoms with Crippen molar-refractivity contribution in [2.45, 2.75) is 64.2 Å². The van der Waals surface area contributed by atoms with Crippen LogP contribution < -0.4 is 21.7 Å². The van der Waals surface area contributed by atoms with Gasteiger partial charge in [-0.2, -0.15) is 11.8 Å². The molecule has 0 saturated heterocycles. The molecule has 0 bridgehead atoms. The van der Waals surface area contributed by atoms with E-state index in [9.17, 15) is 19.2 Å². The zero-order valence-electron chi connectivity index (χ0n) is 19.7. The van der Waals surface area contributed by atoms with Crippen LogP contribution in [0.2, 0.25) is 0 Å². The number of carbonyl (C=O) groups is 4. The van der Waals surface area contributed by atoms with Crippen LogP contribution in [0.3, 0.4) is 0 Å². The number of thioether (sulfide) groups is 1. The Labute approximate surface area is 199 Å². The molecule has 0 fully saturated rings. The Bertz CT molecular complexity index is 790. The maximum absolute atomic E-state index is 13.2. The van der Waals surface area contributed by atoms with E-state index in [1.54, 1.807) is 0 Å². The molecule has 0 aromatic heterocycles. The molecule has 1 rings (SSSR count). The van der Waals surface area contributed by atoms with E-state index in [1.165, 1.54) is 18.7 Å². The lowest BCUT2D eigenvalue weighted by Crippen LogP contribution is -2.57. The van der Waals surface area contributed by atoms with Crippen LogP contribution in [-0.4, -0.2) is 65.0 Å². The van der Waals surface area contributed by atoms with Gasteiger partial charge in [-0.1, -0.05) is 44.2 Å². The molecular formula is C23H36N4O5S. The van der Waals surface area contributed by atoms with Crippen LogP contribution in [0.1, 0.15) is 39.2 Å². The fourth-order valence-corrected chi connectivity index (χ4v) is 3.58. The first-order valence-electron chi connectivity index (χ1n) is 11.0. The summed E-state index contributed by atoms with van der Waals surface area (Å²) in [4.78, 5) is 49.5. The predicted molar refractivity (Wildman–Crippen MR) is 130 cm³/mol. The van der Waals surface area contributed by atoms with Gasteiger partial charge in [-0.05, 0) is 43.3 Å². The molecule has 6 N–H and O–H groups in total. The summed E-state index contributed by atoms with van der Waals surface area (Å²) >= 11 is 1.50. The molecule has 184 valence electrons. The number of nitrogens with one attached hydrogen (secondary N) is 3. The van der Waals surface area contributed by atoms with Gasteiger partial charge in [-0.3, -0.25) is 19.2 Å². The molecular weight excluding hydrogens is 444 g/mol. The van der Waals surface area contributed by atoms with Crippen LogP contribution in [0.5, 0.6) is 0 Å². The summed E-state index contributed by atoms with van der Waals surface area (Å²) in [7, 11) is 0. The van der Waals surface area contributed by atoms with E-state index in [0.29, 0.717) is 18.6 Å². The van der Waals surface area contributed by atoms with Gasteiger partial charge in [0.15, 0.2) is 0 Å². The van der Waals surface area contributed by atoms with E-state index in [0.717, 1.165) is 5.56 Å². The number of aliphatic carboxylic acids is 1. The third-order valence-electron chi connectivity index (χ3n) is 4.95. The van der Waals surface area contributed by atoms with Gasteiger partial charge in [0, 0.05) is 6.42 Å². The summed E-state index contributed by atoms with van der Waals surface area (Å²) in [6.07, 6.45) is 2.86. The number of hydrogen-bond donors (Lipinski definition) is 5. The molecule has 3 amide bonds. The molecule has 1 aromatic carbocycles. The monoisotopic (exact) mass is 480 g/mol. The third kappa shape index (κ3) is 10.7. The lowest BCUT2D eigenvalue weighted by Gasteiger charge is -2.25. The number of hydrogen-bond acceptors (Lipinski definition) is 6. The zero-order chi connectivity index (χ0) is 25.0. The second kappa shape index (κ2) is 14.5. The number of carbonyl (C=O) groups excluding carboxylic acids is 3. The van der Waals surface area contributed by atoms with Crippen molar-refractivity contribution in [1.29, 1.82) is 0 Å². The van der Waals surface area contributed by atoms with Crippen molar-refractivity contribution in [1.82, 2.24) is 16.0 Å². The van der Waals surface area contributed by atoms with Gasteiger partial charge in [-0.15, -0.1) is 0 Å². The van der Waals surface area contributed by atoms with Crippen LogP contribution in [0.4, 0.5) is 0 Å². The third-order valence-corrected chi connectivity index (χ3v) is 5.59. The molecule has 0 aliphatic heterocycles. The largest absolute Gasteiger partial charge is 0.480 e. The van der Waals surface area contributed by atoms with E-state index in [2.05, 4.69) is 16.0 Å². The molecule has 0 saturated carbocycles. The van der Waals surface area contributed by atoms with Gasteiger partial charge in [0.1, 0.15) is 18.1 Å². The average molecular weight is 481 g/mol. The molecule has 0 radical (unpaired) electrons. The first kappa shape index (κ1) is 28.4. The molecule has 0 aliphatic carbocycles. The lowest BCUT2D eigenvalue weighted by atomic mass is 10.0. The first-order valence-corrected chi connectivity index (χ1v) is 12.4. The Hall–Kier alpha value is -2.59. The highest BCUT2D eigenvalue weighted by atomic mass is 32.2. The van der Waals surface area contributed by atoms with Crippen LogP contribution in [-0.2, 0) is 25.6 Å². The summed E-state index contributed by atoms with van der Waals surface area (Å²) < 4.78 is 0. The maximum atomic E-state index is 13.2. The summed E-state index contributed by atoms with van der Waals surface area (Å²) in [5.74, 6) is -1.95. The van der Waals surface area contributed by atoms with Crippen LogP contribution in [0.15, 0.2) is 30.3 Å². The van der Waals surface area contributed by atoms with Gasteiger partial charge in [0.05, 0.1) is 6.04 Å². The molecule has 4 unspecified atom stereocenters. The minimum absolute atomic E-state index is 0.211. The summed E-state index contributed by atoms with van der Waals surface area (Å²) in [6.45, 7) is 5.25. The molecule has 10 heteroatoms. The fraction of sp³-hybridized carbons (Fsp3) is 0.565. The van der Waals surface area contributed by atoms with E-state index in [4.69, 9.17) is 10.8 Å². The van der Waals surface area contributed by atoms with Crippen molar-refractivity contribution in [3.63, 3.8) is 0 Å². The fourth-order valence-electron chi connectivity index (χ4n) is 3.11. The van der Waals surface area contributed by atoms with E-state index in [-0.39, 0.29) is 12.3 Å². The minimum atomic E-state index is -1.17. The number of carboxylic acid groups (broad SMARTS) is 1. The molecule has 1 aromatic rings. The number of amides is 3. The van der Waals surface area contributed by atoms with Gasteiger partial charge in [-0.25, -0.2) is 0 Å². The highest BCUT2D eigenvalue weighted by Crippen LogP contribution is 2.08. The smallest absolute Gasteiger partial charge is 0.325 e. The maximum Gasteiger partial charge on any atom is 0.325 e. The standard InChI is InChI=1S/C23H36N4O5S/c1-14(2)12-17(24)20(28)27-19(13-16-8-6-5-7-9-16)22(30)26-18(10-11-33-4)21(29)25-15(3)23(31)32/h5-9,14-15,17-19H,10-13,24H2,1-4H3,(H,25,29)(H,26,30)(H,27,28)(H,31,32). The highest BCUT2D eigenvalue weighted by molar-refractivity contribution is 7.98. The Morgan fingerprint density at radius 3 is 2.06 bits per heavy atom. The normalized spacial score (nSPS) is 14.6. The number of benzene rings is 1. The summed E-state index contributed by atoms with van der Waals surface area (Å²) in [5, 5.41) is 16.9. The van der Waals surface area contributed by atoms with Crippen LogP contribution in [0, 0.1) is 5.92 Å². The molecule has 0 spiro atoms. The highest BCUT2D eigenvalue weighted by Gasteiger charge is 2.29. The van der Waals surface area contributed by atoms with Crippen LogP contribution >= 0.6 is 11.8 Å². The summed E-state index contributed by atoms with van der Waals surface area (Å²) in [6, 6.07) is 5.45. The summed E-state index contributed by atoms with van der Waals surface area (Å²) in [5.41, 5.74) is 6.83. The molecule has 4 atom stereocenters. The van der Waals surface area contributed by atoms with Crippen molar-refractivity contribution in [3.8, 4) is 0 Å². The molecule has 0 aliphatic rings. The van der Waals surface area contributed by atoms with Gasteiger partial charge in [0.2, 0.25) is 17.7 Å². The number of nitrogens with two attached hydrogens (primary N) is 1. The van der Waals surface area contributed by atoms with Crippen molar-refractivity contribution in [2.75, 3.05) is 12.0 Å². The molecule has 9 nitrogen and oxygen atoms in total. The quantitative estimate of drug-likeness (QED) is 0.266. The molecule has 33 heavy (non-hydrogen) atoms.